The molecule has 3 N–H and O–H groups in total. The Bertz CT molecular complexity index is 1010. The number of aromatic nitrogens is 2. The van der Waals surface area contributed by atoms with Crippen molar-refractivity contribution < 1.29 is 19.1 Å². The number of aryl methyl sites for hydroxylation is 1. The number of rotatable bonds is 6. The lowest BCUT2D eigenvalue weighted by atomic mass is 9.96. The fourth-order valence-corrected chi connectivity index (χ4v) is 2.75. The quantitative estimate of drug-likeness (QED) is 0.339. The topological polar surface area (TPSA) is 88.4 Å². The maximum atomic E-state index is 15.1. The van der Waals surface area contributed by atoms with Gasteiger partial charge in [-0.3, -0.25) is 9.63 Å². The van der Waals surface area contributed by atoms with Gasteiger partial charge in [-0.1, -0.05) is 23.1 Å². The van der Waals surface area contributed by atoms with E-state index in [1.807, 2.05) is 0 Å². The van der Waals surface area contributed by atoms with Crippen molar-refractivity contribution in [2.24, 2.45) is 7.05 Å². The van der Waals surface area contributed by atoms with Gasteiger partial charge in [-0.05, 0) is 18.2 Å². The number of fused-ring (bicyclic) bond motifs is 1. The van der Waals surface area contributed by atoms with E-state index >= 15 is 4.39 Å². The molecule has 0 spiro atoms. The summed E-state index contributed by atoms with van der Waals surface area (Å²) in [6.07, 6.45) is 1.44. The van der Waals surface area contributed by atoms with Crippen molar-refractivity contribution in [3.63, 3.8) is 0 Å². The van der Waals surface area contributed by atoms with Crippen LogP contribution >= 0.6 is 11.6 Å². The number of aliphatic hydroxyl groups excluding tert-OH is 1. The third-order valence-electron chi connectivity index (χ3n) is 3.82. The van der Waals surface area contributed by atoms with E-state index in [-0.39, 0.29) is 35.0 Å². The molecular weight excluding hydrogens is 373 g/mol. The monoisotopic (exact) mass is 388 g/mol. The minimum atomic E-state index is -0.715. The molecule has 2 aromatic carbocycles. The number of anilines is 2. The van der Waals surface area contributed by atoms with E-state index < -0.39 is 11.7 Å². The second-order valence-electron chi connectivity index (χ2n) is 5.70. The number of nitrogens with one attached hydrogen (secondary N) is 2. The smallest absolute Gasteiger partial charge is 0.277 e. The first-order chi connectivity index (χ1) is 12.9. The highest BCUT2D eigenvalue weighted by atomic mass is 35.5. The van der Waals surface area contributed by atoms with Crippen LogP contribution in [0.15, 0.2) is 30.6 Å². The molecule has 0 bridgehead atoms. The molecule has 1 aromatic heterocycles. The van der Waals surface area contributed by atoms with Gasteiger partial charge in [0, 0.05) is 7.05 Å². The molecule has 27 heavy (non-hydrogen) atoms. The van der Waals surface area contributed by atoms with Crippen molar-refractivity contribution in [3.8, 4) is 0 Å². The van der Waals surface area contributed by atoms with E-state index in [0.717, 1.165) is 0 Å². The maximum absolute atomic E-state index is 15.1. The Balaban J connectivity index is 2.09. The van der Waals surface area contributed by atoms with Gasteiger partial charge in [0.05, 0.1) is 47.0 Å². The minimum Gasteiger partial charge on any atom is -0.394 e. The van der Waals surface area contributed by atoms with Crippen molar-refractivity contribution in [2.45, 2.75) is 0 Å². The molecular formula is C17H15BClFN4O3. The Morgan fingerprint density at radius 1 is 1.44 bits per heavy atom. The van der Waals surface area contributed by atoms with Crippen LogP contribution in [0.5, 0.6) is 0 Å². The summed E-state index contributed by atoms with van der Waals surface area (Å²) in [5.41, 5.74) is 3.37. The molecule has 0 aliphatic carbocycles. The molecule has 3 aromatic rings. The van der Waals surface area contributed by atoms with Crippen molar-refractivity contribution in [1.82, 2.24) is 15.0 Å². The van der Waals surface area contributed by atoms with Crippen LogP contribution in [0.2, 0.25) is 5.02 Å². The molecule has 0 saturated heterocycles. The van der Waals surface area contributed by atoms with Crippen LogP contribution in [0.4, 0.5) is 15.8 Å². The van der Waals surface area contributed by atoms with Crippen LogP contribution in [0, 0.1) is 5.82 Å². The van der Waals surface area contributed by atoms with Crippen molar-refractivity contribution in [2.75, 3.05) is 18.5 Å². The lowest BCUT2D eigenvalue weighted by molar-refractivity contribution is 0.0169. The van der Waals surface area contributed by atoms with Gasteiger partial charge in [-0.15, -0.1) is 0 Å². The fourth-order valence-electron chi connectivity index (χ4n) is 2.51. The third kappa shape index (κ3) is 3.90. The number of aliphatic hydroxyl groups is 1. The Kier molecular flexibility index (Phi) is 5.64. The summed E-state index contributed by atoms with van der Waals surface area (Å²) in [5, 5.41) is 11.9. The molecule has 3 rings (SSSR count). The lowest BCUT2D eigenvalue weighted by Gasteiger charge is -2.15. The van der Waals surface area contributed by atoms with Gasteiger partial charge in [-0.2, -0.15) is 0 Å². The first-order valence-electron chi connectivity index (χ1n) is 7.91. The predicted molar refractivity (Wildman–Crippen MR) is 101 cm³/mol. The number of hydrogen-bond acceptors (Lipinski definition) is 5. The average Bonchev–Trinajstić information content (AvgIpc) is 3.00. The van der Waals surface area contributed by atoms with Gasteiger partial charge in [0.1, 0.15) is 13.4 Å². The highest BCUT2D eigenvalue weighted by Crippen LogP contribution is 2.32. The Morgan fingerprint density at radius 3 is 2.93 bits per heavy atom. The van der Waals surface area contributed by atoms with Crippen LogP contribution in [0.1, 0.15) is 10.4 Å². The highest BCUT2D eigenvalue weighted by molar-refractivity contribution is 6.37. The van der Waals surface area contributed by atoms with Gasteiger partial charge in [0.2, 0.25) is 0 Å². The minimum absolute atomic E-state index is 0.0190. The molecule has 2 radical (unpaired) electrons. The number of amides is 1. The number of hydroxylamine groups is 1. The molecule has 1 heterocycles. The first-order valence-corrected chi connectivity index (χ1v) is 8.28. The van der Waals surface area contributed by atoms with E-state index in [1.165, 1.54) is 18.5 Å². The van der Waals surface area contributed by atoms with E-state index in [0.29, 0.717) is 16.7 Å². The van der Waals surface area contributed by atoms with Gasteiger partial charge in [-0.25, -0.2) is 14.9 Å². The third-order valence-corrected chi connectivity index (χ3v) is 4.13. The molecule has 7 nitrogen and oxygen atoms in total. The zero-order chi connectivity index (χ0) is 19.6. The van der Waals surface area contributed by atoms with Gasteiger partial charge in [0.15, 0.2) is 5.82 Å². The van der Waals surface area contributed by atoms with Crippen LogP contribution in [-0.4, -0.2) is 41.6 Å². The SMILES string of the molecule is [B]c1ccc(Nc2c(C(=O)NOCCO)cc3c(ncn3C)c2F)c(Cl)c1. The highest BCUT2D eigenvalue weighted by Gasteiger charge is 2.22. The zero-order valence-corrected chi connectivity index (χ0v) is 15.0. The van der Waals surface area contributed by atoms with Crippen molar-refractivity contribution >= 4 is 53.2 Å². The van der Waals surface area contributed by atoms with Crippen molar-refractivity contribution in [3.05, 3.63) is 47.0 Å². The summed E-state index contributed by atoms with van der Waals surface area (Å²) >= 11 is 6.15. The van der Waals surface area contributed by atoms with E-state index in [2.05, 4.69) is 15.8 Å². The summed E-state index contributed by atoms with van der Waals surface area (Å²) < 4.78 is 16.7. The molecule has 0 atom stereocenters. The Labute approximate surface area is 160 Å². The summed E-state index contributed by atoms with van der Waals surface area (Å²) in [5.74, 6) is -1.41. The Morgan fingerprint density at radius 2 is 2.22 bits per heavy atom. The van der Waals surface area contributed by atoms with Crippen LogP contribution in [0.3, 0.4) is 0 Å². The van der Waals surface area contributed by atoms with Gasteiger partial charge >= 0.3 is 0 Å². The van der Waals surface area contributed by atoms with Gasteiger partial charge in [0.25, 0.3) is 5.91 Å². The number of carbonyl (C=O) groups is 1. The number of carbonyl (C=O) groups excluding carboxylic acids is 1. The molecule has 0 aliphatic heterocycles. The van der Waals surface area contributed by atoms with E-state index in [4.69, 9.17) is 29.4 Å². The lowest BCUT2D eigenvalue weighted by Crippen LogP contribution is -2.26. The number of hydrogen-bond donors (Lipinski definition) is 3. The molecule has 1 amide bonds. The maximum Gasteiger partial charge on any atom is 0.277 e. The zero-order valence-electron chi connectivity index (χ0n) is 14.3. The fraction of sp³-hybridized carbons (Fsp3) is 0.176. The molecule has 10 heteroatoms. The van der Waals surface area contributed by atoms with Crippen LogP contribution in [-0.2, 0) is 11.9 Å². The van der Waals surface area contributed by atoms with Crippen molar-refractivity contribution in [1.29, 1.82) is 0 Å². The summed E-state index contributed by atoms with van der Waals surface area (Å²) in [4.78, 5) is 21.4. The van der Waals surface area contributed by atoms with Crippen LogP contribution < -0.4 is 16.3 Å². The molecule has 0 saturated carbocycles. The van der Waals surface area contributed by atoms with Gasteiger partial charge < -0.3 is 15.0 Å². The molecule has 0 fully saturated rings. The summed E-state index contributed by atoms with van der Waals surface area (Å²) in [6, 6.07) is 6.15. The second kappa shape index (κ2) is 7.95. The largest absolute Gasteiger partial charge is 0.394 e. The predicted octanol–water partition coefficient (Wildman–Crippen LogP) is 1.56. The molecule has 0 aliphatic rings. The normalized spacial score (nSPS) is 11.0. The number of halogens is 2. The standard InChI is InChI=1S/C17H15BClFN4O3/c1-24-8-21-16-13(24)7-10(17(26)23-27-5-4-25)15(14(16)20)22-12-3-2-9(18)6-11(12)19/h2-3,6-8,22,25H,4-5H2,1H3,(H,23,26). The first kappa shape index (κ1) is 19.2. The second-order valence-corrected chi connectivity index (χ2v) is 6.11. The number of imidazole rings is 1. The molecule has 138 valence electrons. The Hall–Kier alpha value is -2.62. The van der Waals surface area contributed by atoms with Crippen LogP contribution in [0.25, 0.3) is 11.0 Å². The molecule has 0 unspecified atom stereocenters. The van der Waals surface area contributed by atoms with E-state index in [1.54, 1.807) is 23.7 Å². The summed E-state index contributed by atoms with van der Waals surface area (Å²) in [6.45, 7) is -0.379. The number of nitrogens with zero attached hydrogens (tertiary/aromatic N) is 2. The average molecular weight is 389 g/mol. The summed E-state index contributed by atoms with van der Waals surface area (Å²) in [7, 11) is 7.36. The number of benzene rings is 2. The van der Waals surface area contributed by atoms with E-state index in [9.17, 15) is 4.79 Å².